The van der Waals surface area contributed by atoms with Gasteiger partial charge in [-0.15, -0.1) is 0 Å². The van der Waals surface area contributed by atoms with Crippen molar-refractivity contribution >= 4 is 27.6 Å². The minimum absolute atomic E-state index is 0.00584. The van der Waals surface area contributed by atoms with Gasteiger partial charge in [0.05, 0.1) is 12.7 Å². The second kappa shape index (κ2) is 41.5. The molecule has 0 spiro atoms. The summed E-state index contributed by atoms with van der Waals surface area (Å²) in [5.74, 6) is -1.31. The molecule has 1 aliphatic carbocycles. The lowest BCUT2D eigenvalue weighted by molar-refractivity contribution is -0.216. The fraction of sp³-hybridized carbons (Fsp3) is 0.692. The van der Waals surface area contributed by atoms with Crippen molar-refractivity contribution in [3.05, 3.63) is 85.1 Å². The number of esters is 2. The zero-order valence-electron chi connectivity index (χ0n) is 42.2. The van der Waals surface area contributed by atoms with Crippen LogP contribution in [-0.4, -0.2) is 114 Å². The fourth-order valence-electron chi connectivity index (χ4n) is 7.28. The van der Waals surface area contributed by atoms with E-state index in [1.807, 2.05) is 37.3 Å². The number of allylic oxidation sites excluding steroid dienone is 13. The van der Waals surface area contributed by atoms with Gasteiger partial charge in [-0.3, -0.25) is 23.2 Å². The van der Waals surface area contributed by atoms with Crippen molar-refractivity contribution in [3.63, 3.8) is 0 Å². The molecule has 8 N–H and O–H groups in total. The third kappa shape index (κ3) is 35.9. The van der Waals surface area contributed by atoms with Gasteiger partial charge in [-0.2, -0.15) is 0 Å². The van der Waals surface area contributed by atoms with Crippen LogP contribution in [0, 0.1) is 0 Å². The second-order valence-electron chi connectivity index (χ2n) is 17.7. The van der Waals surface area contributed by atoms with E-state index in [2.05, 4.69) is 66.1 Å². The number of carbonyl (C=O) groups is 2. The van der Waals surface area contributed by atoms with Crippen molar-refractivity contribution in [2.75, 3.05) is 13.2 Å². The molecule has 0 aromatic heterocycles. The molecule has 19 heteroatoms. The summed E-state index contributed by atoms with van der Waals surface area (Å²) in [5.41, 5.74) is 0. The summed E-state index contributed by atoms with van der Waals surface area (Å²) >= 11 is 0. The average Bonchev–Trinajstić information content (AvgIpc) is 3.32. The smallest absolute Gasteiger partial charge is 0.462 e. The predicted molar refractivity (Wildman–Crippen MR) is 275 cm³/mol. The summed E-state index contributed by atoms with van der Waals surface area (Å²) < 4.78 is 49.4. The van der Waals surface area contributed by atoms with Crippen LogP contribution in [0.5, 0.6) is 0 Å². The number of hydrogen-bond acceptors (Lipinski definition) is 14. The summed E-state index contributed by atoms with van der Waals surface area (Å²) in [4.78, 5) is 54.4. The van der Waals surface area contributed by atoms with Crippen molar-refractivity contribution < 1.29 is 82.0 Å². The topological polar surface area (TPSA) is 276 Å². The predicted octanol–water partition coefficient (Wildman–Crippen LogP) is 9.54. The molecule has 9 atom stereocenters. The number of hydrogen-bond donors (Lipinski definition) is 8. The molecule has 0 radical (unpaired) electrons. The third-order valence-corrected chi connectivity index (χ3v) is 12.8. The highest BCUT2D eigenvalue weighted by Gasteiger charge is 2.54. The minimum Gasteiger partial charge on any atom is -0.462 e. The molecule has 0 aliphatic heterocycles. The highest BCUT2D eigenvalue weighted by Crippen LogP contribution is 2.49. The number of carbonyl (C=O) groups excluding carboxylic acids is 2. The molecule has 0 bridgehead atoms. The summed E-state index contributed by atoms with van der Waals surface area (Å²) in [6.45, 7) is 2.84. The van der Waals surface area contributed by atoms with E-state index in [0.29, 0.717) is 25.7 Å². The molecular formula is C52H88O17P2. The molecule has 0 heterocycles. The van der Waals surface area contributed by atoms with Gasteiger partial charge >= 0.3 is 27.6 Å². The first-order chi connectivity index (χ1) is 34.0. The van der Waals surface area contributed by atoms with Crippen LogP contribution < -0.4 is 0 Å². The number of aliphatic hydroxyl groups excluding tert-OH is 5. The van der Waals surface area contributed by atoms with E-state index >= 15 is 0 Å². The Morgan fingerprint density at radius 1 is 0.507 bits per heavy atom. The van der Waals surface area contributed by atoms with Gasteiger partial charge in [0.15, 0.2) is 6.10 Å². The van der Waals surface area contributed by atoms with Gasteiger partial charge in [0.2, 0.25) is 0 Å². The molecule has 1 saturated carbocycles. The van der Waals surface area contributed by atoms with Gasteiger partial charge in [-0.05, 0) is 89.9 Å². The Bertz CT molecular complexity index is 1710. The second-order valence-corrected chi connectivity index (χ2v) is 20.3. The molecule has 408 valence electrons. The van der Waals surface area contributed by atoms with Crippen LogP contribution in [0.1, 0.15) is 168 Å². The highest BCUT2D eigenvalue weighted by atomic mass is 31.2. The SMILES string of the molecule is CCCCCC/C=C\C/C=C\C/C=C\CCCCCCCCC(=O)O[C@H](COC(=O)CCC/C=C\C/C=C\C/C=C\C/C=C\CC(O)CCC)COP(=O)(O)O[C@H]1C(O)C(O)C(O)[C@@H](OP(=O)(O)O)C1O. The Morgan fingerprint density at radius 3 is 1.48 bits per heavy atom. The molecule has 0 saturated heterocycles. The standard InChI is InChI=1S/C52H88O17P2/c1-3-5-6-7-8-9-10-11-12-13-14-15-16-17-20-24-27-30-33-36-40-46(55)67-44(42-66-71(63,64)69-52-49(58)47(56)48(57)51(50(52)59)68-70(60,61)62)41-65-45(54)39-35-32-29-26-23-21-18-19-22-25-28-31-34-38-43(53)37-4-2/h9-10,12-13,15-16,18,21-22,25-26,29,31,34,43-44,47-53,56-59H,3-8,11,14,17,19-20,23-24,27-28,30,32-33,35-42H2,1-2H3,(H,63,64)(H2,60,61,62)/b10-9-,13-12-,16-15-,21-18-,25-22-,29-26-,34-31-/t43?,44-,47?,48?,49?,50?,51-,52+/m1/s1. The van der Waals surface area contributed by atoms with E-state index in [0.717, 1.165) is 89.9 Å². The Kier molecular flexibility index (Phi) is 38.7. The Balaban J connectivity index is 2.61. The lowest BCUT2D eigenvalue weighted by atomic mass is 9.85. The van der Waals surface area contributed by atoms with E-state index in [1.165, 1.54) is 25.7 Å². The minimum atomic E-state index is -5.38. The van der Waals surface area contributed by atoms with Crippen molar-refractivity contribution in [3.8, 4) is 0 Å². The van der Waals surface area contributed by atoms with Crippen molar-refractivity contribution in [1.82, 2.24) is 0 Å². The Morgan fingerprint density at radius 2 is 0.958 bits per heavy atom. The normalized spacial score (nSPS) is 22.0. The van der Waals surface area contributed by atoms with Gasteiger partial charge in [0, 0.05) is 12.8 Å². The molecule has 17 nitrogen and oxygen atoms in total. The van der Waals surface area contributed by atoms with Gasteiger partial charge in [-0.25, -0.2) is 9.13 Å². The lowest BCUT2D eigenvalue weighted by Crippen LogP contribution is -2.64. The first-order valence-corrected chi connectivity index (χ1v) is 28.7. The van der Waals surface area contributed by atoms with Crippen LogP contribution in [0.15, 0.2) is 85.1 Å². The van der Waals surface area contributed by atoms with Crippen LogP contribution in [0.2, 0.25) is 0 Å². The van der Waals surface area contributed by atoms with Gasteiger partial charge in [-0.1, -0.05) is 150 Å². The van der Waals surface area contributed by atoms with Gasteiger partial charge in [0.25, 0.3) is 0 Å². The molecule has 0 aromatic rings. The van der Waals surface area contributed by atoms with Crippen LogP contribution >= 0.6 is 15.6 Å². The number of rotatable bonds is 42. The maximum atomic E-state index is 13.0. The largest absolute Gasteiger partial charge is 0.472 e. The fourth-order valence-corrected chi connectivity index (χ4v) is 8.81. The molecule has 6 unspecified atom stereocenters. The number of unbranched alkanes of at least 4 members (excludes halogenated alkanes) is 11. The zero-order chi connectivity index (χ0) is 52.6. The zero-order valence-corrected chi connectivity index (χ0v) is 44.0. The number of aliphatic hydroxyl groups is 5. The maximum absolute atomic E-state index is 13.0. The molecule has 1 aliphatic rings. The lowest BCUT2D eigenvalue weighted by Gasteiger charge is -2.43. The number of ether oxygens (including phenoxy) is 2. The monoisotopic (exact) mass is 1050 g/mol. The summed E-state index contributed by atoms with van der Waals surface area (Å²) in [6.07, 6.45) is 34.5. The molecule has 0 aromatic carbocycles. The van der Waals surface area contributed by atoms with E-state index < -0.39 is 83.5 Å². The van der Waals surface area contributed by atoms with Crippen LogP contribution in [0.3, 0.4) is 0 Å². The Hall–Kier alpha value is -2.86. The number of phosphoric acid groups is 2. The average molecular weight is 1050 g/mol. The molecule has 1 fully saturated rings. The van der Waals surface area contributed by atoms with E-state index in [9.17, 15) is 58.9 Å². The molecule has 0 amide bonds. The van der Waals surface area contributed by atoms with E-state index in [4.69, 9.17) is 18.5 Å². The van der Waals surface area contributed by atoms with Crippen LogP contribution in [0.25, 0.3) is 0 Å². The molecule has 1 rings (SSSR count). The summed E-state index contributed by atoms with van der Waals surface area (Å²) in [6, 6.07) is 0. The quantitative estimate of drug-likeness (QED) is 0.0122. The van der Waals surface area contributed by atoms with Crippen LogP contribution in [0.4, 0.5) is 0 Å². The van der Waals surface area contributed by atoms with Crippen molar-refractivity contribution in [2.24, 2.45) is 0 Å². The first kappa shape index (κ1) is 66.2. The molecule has 71 heavy (non-hydrogen) atoms. The summed E-state index contributed by atoms with van der Waals surface area (Å²) in [7, 11) is -10.7. The number of phosphoric ester groups is 2. The first-order valence-electron chi connectivity index (χ1n) is 25.7. The van der Waals surface area contributed by atoms with Crippen molar-refractivity contribution in [1.29, 1.82) is 0 Å². The molecular weight excluding hydrogens is 959 g/mol. The van der Waals surface area contributed by atoms with E-state index in [1.54, 1.807) is 0 Å². The third-order valence-electron chi connectivity index (χ3n) is 11.2. The van der Waals surface area contributed by atoms with Gasteiger partial charge < -0.3 is 49.7 Å². The maximum Gasteiger partial charge on any atom is 0.472 e. The van der Waals surface area contributed by atoms with Gasteiger partial charge in [0.1, 0.15) is 43.2 Å². The van der Waals surface area contributed by atoms with E-state index in [-0.39, 0.29) is 18.9 Å². The summed E-state index contributed by atoms with van der Waals surface area (Å²) in [5, 5.41) is 51.1. The highest BCUT2D eigenvalue weighted by molar-refractivity contribution is 7.47. The van der Waals surface area contributed by atoms with Crippen LogP contribution in [-0.2, 0) is 41.8 Å². The van der Waals surface area contributed by atoms with Crippen molar-refractivity contribution in [2.45, 2.75) is 217 Å². The Labute approximate surface area is 423 Å².